The SMILES string of the molecule is N#C[C@@H]1C[C@H]1[C@H]1C/C=C\CCC(=O)O1. The molecule has 3 atom stereocenters. The number of nitrogens with zero attached hydrogens (tertiary/aromatic N) is 1. The van der Waals surface area contributed by atoms with E-state index in [0.29, 0.717) is 6.42 Å². The normalized spacial score (nSPS) is 38.8. The molecule has 74 valence electrons. The minimum absolute atomic E-state index is 0.0521. The number of hydrogen-bond donors (Lipinski definition) is 0. The maximum absolute atomic E-state index is 11.2. The van der Waals surface area contributed by atoms with Gasteiger partial charge in [0.15, 0.2) is 0 Å². The monoisotopic (exact) mass is 191 g/mol. The van der Waals surface area contributed by atoms with Gasteiger partial charge >= 0.3 is 5.97 Å². The smallest absolute Gasteiger partial charge is 0.306 e. The minimum Gasteiger partial charge on any atom is -0.462 e. The zero-order chi connectivity index (χ0) is 9.97. The van der Waals surface area contributed by atoms with Gasteiger partial charge < -0.3 is 4.74 Å². The van der Waals surface area contributed by atoms with Crippen LogP contribution in [0.5, 0.6) is 0 Å². The van der Waals surface area contributed by atoms with Gasteiger partial charge in [0, 0.05) is 18.8 Å². The first kappa shape index (κ1) is 9.26. The minimum atomic E-state index is -0.122. The lowest BCUT2D eigenvalue weighted by Crippen LogP contribution is -2.21. The van der Waals surface area contributed by atoms with E-state index in [9.17, 15) is 4.79 Å². The summed E-state index contributed by atoms with van der Waals surface area (Å²) in [5.41, 5.74) is 0. The molecule has 1 saturated carbocycles. The number of cyclic esters (lactones) is 1. The molecule has 0 N–H and O–H groups in total. The first-order chi connectivity index (χ1) is 6.81. The molecule has 0 saturated heterocycles. The maximum Gasteiger partial charge on any atom is 0.306 e. The summed E-state index contributed by atoms with van der Waals surface area (Å²) in [5.74, 6) is 0.273. The summed E-state index contributed by atoms with van der Waals surface area (Å²) < 4.78 is 5.31. The molecule has 2 rings (SSSR count). The molecule has 0 aromatic rings. The van der Waals surface area contributed by atoms with Crippen molar-refractivity contribution in [2.24, 2.45) is 11.8 Å². The fourth-order valence-corrected chi connectivity index (χ4v) is 1.86. The van der Waals surface area contributed by atoms with E-state index < -0.39 is 0 Å². The third-order valence-electron chi connectivity index (χ3n) is 2.82. The van der Waals surface area contributed by atoms with Crippen LogP contribution < -0.4 is 0 Å². The summed E-state index contributed by atoms with van der Waals surface area (Å²) in [6.07, 6.45) is 6.94. The van der Waals surface area contributed by atoms with Crippen molar-refractivity contribution >= 4 is 5.97 Å². The second-order valence-electron chi connectivity index (χ2n) is 3.91. The van der Waals surface area contributed by atoms with E-state index in [4.69, 9.17) is 10.00 Å². The van der Waals surface area contributed by atoms with Crippen molar-refractivity contribution in [3.63, 3.8) is 0 Å². The Morgan fingerprint density at radius 1 is 1.50 bits per heavy atom. The van der Waals surface area contributed by atoms with Gasteiger partial charge in [-0.25, -0.2) is 0 Å². The molecular weight excluding hydrogens is 178 g/mol. The Balaban J connectivity index is 1.97. The summed E-state index contributed by atoms with van der Waals surface area (Å²) in [4.78, 5) is 11.2. The number of carbonyl (C=O) groups is 1. The Morgan fingerprint density at radius 2 is 2.36 bits per heavy atom. The van der Waals surface area contributed by atoms with Gasteiger partial charge in [-0.15, -0.1) is 0 Å². The van der Waals surface area contributed by atoms with E-state index in [1.165, 1.54) is 0 Å². The van der Waals surface area contributed by atoms with E-state index in [1.54, 1.807) is 0 Å². The van der Waals surface area contributed by atoms with Crippen LogP contribution in [-0.2, 0) is 9.53 Å². The number of nitriles is 1. The van der Waals surface area contributed by atoms with Gasteiger partial charge in [0.1, 0.15) is 6.10 Å². The van der Waals surface area contributed by atoms with Crippen LogP contribution in [0.15, 0.2) is 12.2 Å². The van der Waals surface area contributed by atoms with E-state index in [1.807, 2.05) is 6.08 Å². The molecule has 0 radical (unpaired) electrons. The van der Waals surface area contributed by atoms with E-state index in [-0.39, 0.29) is 23.9 Å². The zero-order valence-corrected chi connectivity index (χ0v) is 7.98. The second-order valence-corrected chi connectivity index (χ2v) is 3.91. The van der Waals surface area contributed by atoms with Crippen LogP contribution in [0.1, 0.15) is 25.7 Å². The molecule has 3 heteroatoms. The highest BCUT2D eigenvalue weighted by Gasteiger charge is 2.44. The predicted octanol–water partition coefficient (Wildman–Crippen LogP) is 1.80. The summed E-state index contributed by atoms with van der Waals surface area (Å²) in [7, 11) is 0. The van der Waals surface area contributed by atoms with Crippen molar-refractivity contribution in [1.82, 2.24) is 0 Å². The van der Waals surface area contributed by atoms with Crippen molar-refractivity contribution in [2.75, 3.05) is 0 Å². The first-order valence-electron chi connectivity index (χ1n) is 5.05. The third kappa shape index (κ3) is 1.95. The number of hydrogen-bond acceptors (Lipinski definition) is 3. The fraction of sp³-hybridized carbons (Fsp3) is 0.636. The molecule has 2 aliphatic rings. The Labute approximate surface area is 83.4 Å². The van der Waals surface area contributed by atoms with Gasteiger partial charge in [-0.1, -0.05) is 12.2 Å². The predicted molar refractivity (Wildman–Crippen MR) is 50.1 cm³/mol. The molecule has 0 aromatic heterocycles. The lowest BCUT2D eigenvalue weighted by Gasteiger charge is -2.17. The van der Waals surface area contributed by atoms with Gasteiger partial charge in [0.2, 0.25) is 0 Å². The van der Waals surface area contributed by atoms with Crippen molar-refractivity contribution in [3.05, 3.63) is 12.2 Å². The van der Waals surface area contributed by atoms with Crippen molar-refractivity contribution in [2.45, 2.75) is 31.8 Å². The molecule has 0 unspecified atom stereocenters. The van der Waals surface area contributed by atoms with Crippen LogP contribution in [0, 0.1) is 23.2 Å². The summed E-state index contributed by atoms with van der Waals surface area (Å²) >= 11 is 0. The Morgan fingerprint density at radius 3 is 3.07 bits per heavy atom. The standard InChI is InChI=1S/C11H13NO2/c12-7-8-6-9(8)10-4-2-1-3-5-11(13)14-10/h1-2,8-10H,3-6H2/b2-1-/t8-,9+,10+/m0/s1. The molecular formula is C11H13NO2. The molecule has 14 heavy (non-hydrogen) atoms. The summed E-state index contributed by atoms with van der Waals surface area (Å²) in [6.45, 7) is 0. The fourth-order valence-electron chi connectivity index (χ4n) is 1.86. The molecule has 1 aliphatic heterocycles. The third-order valence-corrected chi connectivity index (χ3v) is 2.82. The quantitative estimate of drug-likeness (QED) is 0.469. The van der Waals surface area contributed by atoms with E-state index in [2.05, 4.69) is 12.1 Å². The van der Waals surface area contributed by atoms with E-state index in [0.717, 1.165) is 19.3 Å². The molecule has 1 heterocycles. The molecule has 0 aromatic carbocycles. The van der Waals surface area contributed by atoms with Crippen LogP contribution >= 0.6 is 0 Å². The second kappa shape index (κ2) is 3.83. The summed E-state index contributed by atoms with van der Waals surface area (Å²) in [5, 5.41) is 8.69. The molecule has 1 aliphatic carbocycles. The highest BCUT2D eigenvalue weighted by molar-refractivity contribution is 5.70. The van der Waals surface area contributed by atoms with E-state index >= 15 is 0 Å². The van der Waals surface area contributed by atoms with Crippen LogP contribution in [0.25, 0.3) is 0 Å². The number of esters is 1. The highest BCUT2D eigenvalue weighted by Crippen LogP contribution is 2.43. The molecule has 1 fully saturated rings. The lowest BCUT2D eigenvalue weighted by atomic mass is 10.1. The summed E-state index contributed by atoms with van der Waals surface area (Å²) in [6, 6.07) is 2.22. The van der Waals surface area contributed by atoms with Crippen LogP contribution in [-0.4, -0.2) is 12.1 Å². The number of ether oxygens (including phenoxy) is 1. The van der Waals surface area contributed by atoms with Gasteiger partial charge in [-0.3, -0.25) is 4.79 Å². The van der Waals surface area contributed by atoms with Crippen molar-refractivity contribution in [1.29, 1.82) is 5.26 Å². The molecule has 0 bridgehead atoms. The highest BCUT2D eigenvalue weighted by atomic mass is 16.5. The maximum atomic E-state index is 11.2. The Hall–Kier alpha value is -1.30. The molecule has 0 spiro atoms. The van der Waals surface area contributed by atoms with Crippen molar-refractivity contribution < 1.29 is 9.53 Å². The molecule has 0 amide bonds. The van der Waals surface area contributed by atoms with Gasteiger partial charge in [-0.2, -0.15) is 5.26 Å². The largest absolute Gasteiger partial charge is 0.462 e. The topological polar surface area (TPSA) is 50.1 Å². The lowest BCUT2D eigenvalue weighted by molar-refractivity contribution is -0.150. The molecule has 3 nitrogen and oxygen atoms in total. The number of rotatable bonds is 1. The zero-order valence-electron chi connectivity index (χ0n) is 7.98. The first-order valence-corrected chi connectivity index (χ1v) is 5.05. The van der Waals surface area contributed by atoms with Gasteiger partial charge in [0.05, 0.1) is 12.0 Å². The average Bonchev–Trinajstić information content (AvgIpc) is 2.90. The Kier molecular flexibility index (Phi) is 2.53. The van der Waals surface area contributed by atoms with Gasteiger partial charge in [-0.05, 0) is 12.8 Å². The number of allylic oxidation sites excluding steroid dienone is 1. The van der Waals surface area contributed by atoms with Crippen LogP contribution in [0.4, 0.5) is 0 Å². The Bertz CT molecular complexity index is 303. The number of carbonyl (C=O) groups excluding carboxylic acids is 1. The van der Waals surface area contributed by atoms with Crippen LogP contribution in [0.2, 0.25) is 0 Å². The van der Waals surface area contributed by atoms with Crippen LogP contribution in [0.3, 0.4) is 0 Å². The van der Waals surface area contributed by atoms with Crippen molar-refractivity contribution in [3.8, 4) is 6.07 Å². The average molecular weight is 191 g/mol. The van der Waals surface area contributed by atoms with Gasteiger partial charge in [0.25, 0.3) is 0 Å².